The zero-order valence-corrected chi connectivity index (χ0v) is 12.4. The van der Waals surface area contributed by atoms with Crippen LogP contribution in [0.1, 0.15) is 29.9 Å². The average molecular weight is 300 g/mol. The van der Waals surface area contributed by atoms with E-state index < -0.39 is 0 Å². The Kier molecular flexibility index (Phi) is 4.48. The second-order valence-electron chi connectivity index (χ2n) is 5.67. The summed E-state index contributed by atoms with van der Waals surface area (Å²) in [5.41, 5.74) is 0.254. The molecule has 3 N–H and O–H groups in total. The van der Waals surface area contributed by atoms with Gasteiger partial charge in [0.1, 0.15) is 0 Å². The number of carbonyl (C=O) groups excluding carboxylic acids is 1. The van der Waals surface area contributed by atoms with E-state index in [1.165, 1.54) is 0 Å². The van der Waals surface area contributed by atoms with Crippen LogP contribution in [-0.2, 0) is 0 Å². The lowest BCUT2D eigenvalue weighted by molar-refractivity contribution is 0.0940. The summed E-state index contributed by atoms with van der Waals surface area (Å²) in [6.45, 7) is 2.72. The number of hydrogen-bond acceptors (Lipinski definition) is 4. The van der Waals surface area contributed by atoms with Gasteiger partial charge in [0.25, 0.3) is 11.5 Å². The molecule has 0 spiro atoms. The Hall–Kier alpha value is -2.21. The number of piperidine rings is 1. The average Bonchev–Trinajstić information content (AvgIpc) is 2.56. The lowest BCUT2D eigenvalue weighted by Gasteiger charge is -2.22. The fraction of sp³-hybridized carbons (Fsp3) is 0.438. The van der Waals surface area contributed by atoms with E-state index in [-0.39, 0.29) is 17.3 Å². The van der Waals surface area contributed by atoms with Gasteiger partial charge in [-0.3, -0.25) is 9.59 Å². The third kappa shape index (κ3) is 3.33. The molecule has 22 heavy (non-hydrogen) atoms. The lowest BCUT2D eigenvalue weighted by atomic mass is 9.95. The molecule has 0 atom stereocenters. The van der Waals surface area contributed by atoms with E-state index in [4.69, 9.17) is 0 Å². The third-order valence-electron chi connectivity index (χ3n) is 4.12. The number of carbonyl (C=O) groups is 1. The summed E-state index contributed by atoms with van der Waals surface area (Å²) in [6.07, 6.45) is 3.27. The molecule has 1 aliphatic heterocycles. The minimum Gasteiger partial charge on any atom is -0.349 e. The molecule has 1 aromatic heterocycles. The third-order valence-corrected chi connectivity index (χ3v) is 4.12. The number of benzene rings is 1. The van der Waals surface area contributed by atoms with Gasteiger partial charge in [0.05, 0.1) is 10.9 Å². The molecule has 2 heterocycles. The first-order chi connectivity index (χ1) is 10.7. The maximum atomic E-state index is 12.1. The topological polar surface area (TPSA) is 86.9 Å². The molecule has 1 amide bonds. The molecule has 6 heteroatoms. The summed E-state index contributed by atoms with van der Waals surface area (Å²) in [4.78, 5) is 30.8. The number of aromatic nitrogens is 2. The SMILES string of the molecule is O=C(NCCC1CCNCC1)c1nc2ccccc2c(=O)[nH]1. The Bertz CT molecular complexity index is 719. The van der Waals surface area contributed by atoms with Gasteiger partial charge < -0.3 is 15.6 Å². The molecule has 0 saturated carbocycles. The van der Waals surface area contributed by atoms with E-state index in [0.717, 1.165) is 32.4 Å². The molecule has 0 unspecified atom stereocenters. The standard InChI is InChI=1S/C16H20N4O2/c21-15-12-3-1-2-4-13(12)19-14(20-15)16(22)18-10-7-11-5-8-17-9-6-11/h1-4,11,17H,5-10H2,(H,18,22)(H,19,20,21). The number of fused-ring (bicyclic) bond motifs is 1. The number of nitrogens with one attached hydrogen (secondary N) is 3. The maximum absolute atomic E-state index is 12.1. The van der Waals surface area contributed by atoms with E-state index in [1.807, 2.05) is 0 Å². The Morgan fingerprint density at radius 2 is 2.05 bits per heavy atom. The van der Waals surface area contributed by atoms with Gasteiger partial charge in [-0.15, -0.1) is 0 Å². The number of hydrogen-bond donors (Lipinski definition) is 3. The van der Waals surface area contributed by atoms with Crippen molar-refractivity contribution in [2.45, 2.75) is 19.3 Å². The molecule has 116 valence electrons. The second kappa shape index (κ2) is 6.70. The van der Waals surface area contributed by atoms with Gasteiger partial charge >= 0.3 is 0 Å². The monoisotopic (exact) mass is 300 g/mol. The first kappa shape index (κ1) is 14.7. The van der Waals surface area contributed by atoms with Gasteiger partial charge in [-0.2, -0.15) is 0 Å². The largest absolute Gasteiger partial charge is 0.349 e. The number of aromatic amines is 1. The molecule has 1 aliphatic rings. The number of amides is 1. The molecule has 1 fully saturated rings. The Labute approximate surface area is 128 Å². The van der Waals surface area contributed by atoms with E-state index in [0.29, 0.717) is 23.4 Å². The zero-order valence-electron chi connectivity index (χ0n) is 12.4. The molecular weight excluding hydrogens is 280 g/mol. The predicted octanol–water partition coefficient (Wildman–Crippen LogP) is 1.04. The molecule has 1 saturated heterocycles. The minimum absolute atomic E-state index is 0.0778. The van der Waals surface area contributed by atoms with Gasteiger partial charge in [-0.25, -0.2) is 4.98 Å². The van der Waals surface area contributed by atoms with E-state index in [9.17, 15) is 9.59 Å². The highest BCUT2D eigenvalue weighted by Gasteiger charge is 2.14. The maximum Gasteiger partial charge on any atom is 0.287 e. The molecule has 0 aliphatic carbocycles. The molecule has 0 bridgehead atoms. The van der Waals surface area contributed by atoms with Gasteiger partial charge in [-0.1, -0.05) is 12.1 Å². The molecular formula is C16H20N4O2. The minimum atomic E-state index is -0.322. The summed E-state index contributed by atoms with van der Waals surface area (Å²) in [5, 5.41) is 6.67. The van der Waals surface area contributed by atoms with Gasteiger partial charge in [0, 0.05) is 6.54 Å². The van der Waals surface area contributed by atoms with Gasteiger partial charge in [0.2, 0.25) is 0 Å². The van der Waals surface area contributed by atoms with Crippen molar-refractivity contribution >= 4 is 16.8 Å². The summed E-state index contributed by atoms with van der Waals surface area (Å²) >= 11 is 0. The number of rotatable bonds is 4. The van der Waals surface area contributed by atoms with Crippen LogP contribution in [0.4, 0.5) is 0 Å². The Morgan fingerprint density at radius 1 is 1.27 bits per heavy atom. The normalized spacial score (nSPS) is 15.8. The summed E-state index contributed by atoms with van der Waals surface area (Å²) in [5.74, 6) is 0.413. The van der Waals surface area contributed by atoms with E-state index in [1.54, 1.807) is 24.3 Å². The van der Waals surface area contributed by atoms with Crippen LogP contribution in [0, 0.1) is 5.92 Å². The molecule has 6 nitrogen and oxygen atoms in total. The fourth-order valence-corrected chi connectivity index (χ4v) is 2.84. The highest BCUT2D eigenvalue weighted by atomic mass is 16.2. The van der Waals surface area contributed by atoms with Crippen LogP contribution >= 0.6 is 0 Å². The highest BCUT2D eigenvalue weighted by molar-refractivity contribution is 5.92. The van der Waals surface area contributed by atoms with Crippen molar-refractivity contribution in [2.75, 3.05) is 19.6 Å². The Balaban J connectivity index is 1.63. The van der Waals surface area contributed by atoms with Gasteiger partial charge in [0.15, 0.2) is 5.82 Å². The lowest BCUT2D eigenvalue weighted by Crippen LogP contribution is -2.32. The summed E-state index contributed by atoms with van der Waals surface area (Å²) < 4.78 is 0. The number of nitrogens with zero attached hydrogens (tertiary/aromatic N) is 1. The quantitative estimate of drug-likeness (QED) is 0.787. The summed E-state index contributed by atoms with van der Waals surface area (Å²) in [6, 6.07) is 7.00. The van der Waals surface area contributed by atoms with Crippen LogP contribution in [-0.4, -0.2) is 35.5 Å². The summed E-state index contributed by atoms with van der Waals surface area (Å²) in [7, 11) is 0. The smallest absolute Gasteiger partial charge is 0.287 e. The predicted molar refractivity (Wildman–Crippen MR) is 84.9 cm³/mol. The first-order valence-electron chi connectivity index (χ1n) is 7.72. The van der Waals surface area contributed by atoms with Crippen molar-refractivity contribution in [3.63, 3.8) is 0 Å². The van der Waals surface area contributed by atoms with Crippen LogP contribution in [0.5, 0.6) is 0 Å². The van der Waals surface area contributed by atoms with Crippen molar-refractivity contribution in [1.29, 1.82) is 0 Å². The highest BCUT2D eigenvalue weighted by Crippen LogP contribution is 2.14. The van der Waals surface area contributed by atoms with Crippen LogP contribution in [0.25, 0.3) is 10.9 Å². The van der Waals surface area contributed by atoms with Crippen LogP contribution in [0.2, 0.25) is 0 Å². The van der Waals surface area contributed by atoms with Crippen molar-refractivity contribution in [2.24, 2.45) is 5.92 Å². The fourth-order valence-electron chi connectivity index (χ4n) is 2.84. The molecule has 3 rings (SSSR count). The van der Waals surface area contributed by atoms with Crippen molar-refractivity contribution < 1.29 is 4.79 Å². The first-order valence-corrected chi connectivity index (χ1v) is 7.72. The van der Waals surface area contributed by atoms with Crippen molar-refractivity contribution in [1.82, 2.24) is 20.6 Å². The molecule has 1 aromatic carbocycles. The number of para-hydroxylation sites is 1. The van der Waals surface area contributed by atoms with E-state index >= 15 is 0 Å². The zero-order chi connectivity index (χ0) is 15.4. The van der Waals surface area contributed by atoms with Crippen molar-refractivity contribution in [3.8, 4) is 0 Å². The molecule has 0 radical (unpaired) electrons. The van der Waals surface area contributed by atoms with Gasteiger partial charge in [-0.05, 0) is 50.4 Å². The van der Waals surface area contributed by atoms with Crippen LogP contribution in [0.15, 0.2) is 29.1 Å². The van der Waals surface area contributed by atoms with E-state index in [2.05, 4.69) is 20.6 Å². The molecule has 2 aromatic rings. The van der Waals surface area contributed by atoms with Crippen LogP contribution in [0.3, 0.4) is 0 Å². The number of H-pyrrole nitrogens is 1. The Morgan fingerprint density at radius 3 is 2.86 bits per heavy atom. The van der Waals surface area contributed by atoms with Crippen molar-refractivity contribution in [3.05, 3.63) is 40.4 Å². The second-order valence-corrected chi connectivity index (χ2v) is 5.67. The van der Waals surface area contributed by atoms with Crippen LogP contribution < -0.4 is 16.2 Å².